The van der Waals surface area contributed by atoms with Gasteiger partial charge in [0.2, 0.25) is 16.0 Å². The van der Waals surface area contributed by atoms with Gasteiger partial charge in [-0.05, 0) is 42.5 Å². The molecule has 0 radical (unpaired) electrons. The van der Waals surface area contributed by atoms with Crippen molar-refractivity contribution in [1.82, 2.24) is 24.8 Å². The normalized spacial score (nSPS) is 14.3. The molecule has 4 aromatic rings. The number of carbonyl (C=O) groups excluding carboxylic acids is 1. The van der Waals surface area contributed by atoms with Crippen LogP contribution in [0, 0.1) is 5.82 Å². The van der Waals surface area contributed by atoms with E-state index < -0.39 is 15.8 Å². The van der Waals surface area contributed by atoms with E-state index in [0.29, 0.717) is 36.6 Å². The Morgan fingerprint density at radius 2 is 1.79 bits per heavy atom. The molecular formula is C25H27FN8O4S. The third kappa shape index (κ3) is 6.49. The average Bonchev–Trinajstić information content (AvgIpc) is 3.34. The molecule has 1 fully saturated rings. The van der Waals surface area contributed by atoms with E-state index in [1.54, 1.807) is 18.3 Å². The highest BCUT2D eigenvalue weighted by atomic mass is 32.2. The molecule has 2 aromatic carbocycles. The lowest BCUT2D eigenvalue weighted by atomic mass is 10.2. The molecule has 0 atom stereocenters. The quantitative estimate of drug-likeness (QED) is 0.257. The van der Waals surface area contributed by atoms with E-state index in [1.165, 1.54) is 28.8 Å². The van der Waals surface area contributed by atoms with Gasteiger partial charge in [-0.25, -0.2) is 27.7 Å². The number of hydrogen-bond donors (Lipinski definition) is 4. The number of sulfonamides is 1. The number of anilines is 4. The van der Waals surface area contributed by atoms with Crippen molar-refractivity contribution >= 4 is 50.1 Å². The van der Waals surface area contributed by atoms with E-state index >= 15 is 0 Å². The van der Waals surface area contributed by atoms with Gasteiger partial charge in [0, 0.05) is 49.1 Å². The number of nitrogens with two attached hydrogens (primary N) is 1. The average molecular weight is 555 g/mol. The van der Waals surface area contributed by atoms with Crippen molar-refractivity contribution in [3.8, 4) is 0 Å². The third-order valence-corrected chi connectivity index (χ3v) is 7.09. The maximum Gasteiger partial charge on any atom is 0.326 e. The Bertz CT molecular complexity index is 1590. The summed E-state index contributed by atoms with van der Waals surface area (Å²) < 4.78 is 44.3. The van der Waals surface area contributed by atoms with E-state index in [-0.39, 0.29) is 22.7 Å². The predicted octanol–water partition coefficient (Wildman–Crippen LogP) is 2.59. The van der Waals surface area contributed by atoms with Crippen molar-refractivity contribution in [3.05, 3.63) is 66.7 Å². The molecular weight excluding hydrogens is 527 g/mol. The van der Waals surface area contributed by atoms with Gasteiger partial charge in [0.1, 0.15) is 0 Å². The van der Waals surface area contributed by atoms with Crippen LogP contribution in [0.4, 0.5) is 32.3 Å². The standard InChI is InChI=1S/C25H27FN8O4S/c26-21-16-29-24(31-18-3-5-20(6-4-18)39(27,36)37)32-23(21)30-19-2-1-17-7-9-34(22(17)15-19)25(35)28-8-10-33-11-13-38-14-12-33/h1-7,9,15-16H,8,10-14H2,(H,28,35)(H2,27,36,37)(H2,29,30,31,32). The van der Waals surface area contributed by atoms with Crippen LogP contribution in [-0.4, -0.2) is 73.3 Å². The molecule has 2 aromatic heterocycles. The van der Waals surface area contributed by atoms with Gasteiger partial charge in [-0.1, -0.05) is 6.07 Å². The zero-order chi connectivity index (χ0) is 27.4. The number of nitrogens with one attached hydrogen (secondary N) is 3. The summed E-state index contributed by atoms with van der Waals surface area (Å²) in [6.45, 7) is 4.33. The van der Waals surface area contributed by atoms with Gasteiger partial charge >= 0.3 is 6.03 Å². The number of halogens is 1. The number of morpholine rings is 1. The summed E-state index contributed by atoms with van der Waals surface area (Å²) in [6, 6.07) is 12.5. The number of primary sulfonamides is 1. The first-order valence-electron chi connectivity index (χ1n) is 12.2. The Kier molecular flexibility index (Phi) is 7.70. The van der Waals surface area contributed by atoms with Crippen LogP contribution >= 0.6 is 0 Å². The number of hydrogen-bond acceptors (Lipinski definition) is 9. The minimum absolute atomic E-state index is 0.0404. The topological polar surface area (TPSA) is 156 Å². The lowest BCUT2D eigenvalue weighted by molar-refractivity contribution is 0.0387. The number of ether oxygens (including phenoxy) is 1. The van der Waals surface area contributed by atoms with Crippen molar-refractivity contribution in [2.24, 2.45) is 5.14 Å². The van der Waals surface area contributed by atoms with E-state index in [0.717, 1.165) is 31.2 Å². The van der Waals surface area contributed by atoms with Crippen molar-refractivity contribution in [2.75, 3.05) is 50.0 Å². The summed E-state index contributed by atoms with van der Waals surface area (Å²) >= 11 is 0. The van der Waals surface area contributed by atoms with Crippen molar-refractivity contribution in [3.63, 3.8) is 0 Å². The van der Waals surface area contributed by atoms with Crippen LogP contribution in [-0.2, 0) is 14.8 Å². The van der Waals surface area contributed by atoms with Crippen LogP contribution in [0.1, 0.15) is 0 Å². The van der Waals surface area contributed by atoms with E-state index in [4.69, 9.17) is 9.88 Å². The second-order valence-electron chi connectivity index (χ2n) is 8.85. The van der Waals surface area contributed by atoms with Gasteiger partial charge < -0.3 is 20.7 Å². The predicted molar refractivity (Wildman–Crippen MR) is 144 cm³/mol. The zero-order valence-electron chi connectivity index (χ0n) is 20.8. The molecule has 0 aliphatic carbocycles. The summed E-state index contributed by atoms with van der Waals surface area (Å²) in [5.41, 5.74) is 1.65. The van der Waals surface area contributed by atoms with E-state index in [1.807, 2.05) is 12.1 Å². The van der Waals surface area contributed by atoms with Crippen LogP contribution in [0.3, 0.4) is 0 Å². The molecule has 5 N–H and O–H groups in total. The minimum Gasteiger partial charge on any atom is -0.379 e. The number of carbonyl (C=O) groups is 1. The smallest absolute Gasteiger partial charge is 0.326 e. The molecule has 0 saturated carbocycles. The van der Waals surface area contributed by atoms with Gasteiger partial charge in [0.05, 0.1) is 29.8 Å². The third-order valence-electron chi connectivity index (χ3n) is 6.17. The van der Waals surface area contributed by atoms with Crippen LogP contribution in [0.5, 0.6) is 0 Å². The SMILES string of the molecule is NS(=O)(=O)c1ccc(Nc2ncc(F)c(Nc3ccc4ccn(C(=O)NCCN5CCOCC5)c4c3)n2)cc1. The number of amides is 1. The Hall–Kier alpha value is -4.11. The molecule has 1 aliphatic heterocycles. The van der Waals surface area contributed by atoms with Crippen molar-refractivity contribution < 1.29 is 22.3 Å². The van der Waals surface area contributed by atoms with Crippen LogP contribution < -0.4 is 21.1 Å². The Labute approximate surface area is 224 Å². The molecule has 204 valence electrons. The molecule has 1 amide bonds. The number of rotatable bonds is 8. The summed E-state index contributed by atoms with van der Waals surface area (Å²) in [6.07, 6.45) is 2.70. The fourth-order valence-electron chi connectivity index (χ4n) is 4.12. The summed E-state index contributed by atoms with van der Waals surface area (Å²) in [5, 5.41) is 14.7. The fourth-order valence-corrected chi connectivity index (χ4v) is 4.64. The first-order chi connectivity index (χ1) is 18.8. The highest BCUT2D eigenvalue weighted by Crippen LogP contribution is 2.25. The second kappa shape index (κ2) is 11.3. The van der Waals surface area contributed by atoms with Gasteiger partial charge in [-0.15, -0.1) is 0 Å². The minimum atomic E-state index is -3.82. The van der Waals surface area contributed by atoms with Crippen molar-refractivity contribution in [2.45, 2.75) is 4.90 Å². The number of nitrogens with zero attached hydrogens (tertiary/aromatic N) is 4. The Morgan fingerprint density at radius 1 is 1.05 bits per heavy atom. The summed E-state index contributed by atoms with van der Waals surface area (Å²) in [5.74, 6) is -0.672. The lowest BCUT2D eigenvalue weighted by Crippen LogP contribution is -2.42. The monoisotopic (exact) mass is 554 g/mol. The van der Waals surface area contributed by atoms with E-state index in [9.17, 15) is 17.6 Å². The van der Waals surface area contributed by atoms with Crippen LogP contribution in [0.2, 0.25) is 0 Å². The second-order valence-corrected chi connectivity index (χ2v) is 10.4. The van der Waals surface area contributed by atoms with Gasteiger partial charge in [0.15, 0.2) is 11.6 Å². The van der Waals surface area contributed by atoms with Gasteiger partial charge in [-0.3, -0.25) is 9.47 Å². The van der Waals surface area contributed by atoms with Gasteiger partial charge in [0.25, 0.3) is 0 Å². The Morgan fingerprint density at radius 3 is 2.54 bits per heavy atom. The maximum absolute atomic E-state index is 14.6. The summed E-state index contributed by atoms with van der Waals surface area (Å²) in [7, 11) is -3.82. The molecule has 1 saturated heterocycles. The van der Waals surface area contributed by atoms with Crippen molar-refractivity contribution in [1.29, 1.82) is 0 Å². The first kappa shape index (κ1) is 26.5. The molecule has 5 rings (SSSR count). The molecule has 0 unspecified atom stereocenters. The van der Waals surface area contributed by atoms with Crippen LogP contribution in [0.15, 0.2) is 65.8 Å². The molecule has 39 heavy (non-hydrogen) atoms. The molecule has 12 nitrogen and oxygen atoms in total. The lowest BCUT2D eigenvalue weighted by Gasteiger charge is -2.26. The molecule has 3 heterocycles. The van der Waals surface area contributed by atoms with E-state index in [2.05, 4.69) is 30.8 Å². The highest BCUT2D eigenvalue weighted by molar-refractivity contribution is 7.89. The number of fused-ring (bicyclic) bond motifs is 1. The van der Waals surface area contributed by atoms with Crippen LogP contribution in [0.25, 0.3) is 10.9 Å². The first-order valence-corrected chi connectivity index (χ1v) is 13.7. The number of benzene rings is 2. The summed E-state index contributed by atoms with van der Waals surface area (Å²) in [4.78, 5) is 23.2. The Balaban J connectivity index is 1.28. The highest BCUT2D eigenvalue weighted by Gasteiger charge is 2.14. The number of aromatic nitrogens is 3. The molecule has 14 heteroatoms. The maximum atomic E-state index is 14.6. The molecule has 1 aliphatic rings. The molecule has 0 spiro atoms. The largest absolute Gasteiger partial charge is 0.379 e. The molecule has 0 bridgehead atoms. The fraction of sp³-hybridized carbons (Fsp3) is 0.240. The zero-order valence-corrected chi connectivity index (χ0v) is 21.6. The van der Waals surface area contributed by atoms with Gasteiger partial charge in [-0.2, -0.15) is 4.98 Å².